The summed E-state index contributed by atoms with van der Waals surface area (Å²) in [5.74, 6) is 0. The molecule has 0 fully saturated rings. The molecule has 0 aliphatic heterocycles. The molecule has 0 spiro atoms. The topological polar surface area (TPSA) is 0 Å². The molecule has 0 amide bonds. The molecular formula is C23H43Li. The van der Waals surface area contributed by atoms with Crippen LogP contribution < -0.4 is 18.9 Å². The van der Waals surface area contributed by atoms with Crippen molar-refractivity contribution in [3.8, 4) is 0 Å². The molecule has 1 rings (SSSR count). The van der Waals surface area contributed by atoms with E-state index in [0.29, 0.717) is 0 Å². The molecule has 0 aromatic carbocycles. The van der Waals surface area contributed by atoms with Crippen LogP contribution in [0.3, 0.4) is 0 Å². The maximum Gasteiger partial charge on any atom is 1.00 e. The van der Waals surface area contributed by atoms with Gasteiger partial charge in [0.05, 0.1) is 0 Å². The minimum atomic E-state index is 0. The van der Waals surface area contributed by atoms with E-state index in [1.807, 2.05) is 0 Å². The van der Waals surface area contributed by atoms with Crippen molar-refractivity contribution in [3.05, 3.63) is 23.8 Å². The van der Waals surface area contributed by atoms with E-state index < -0.39 is 0 Å². The van der Waals surface area contributed by atoms with Gasteiger partial charge in [-0.05, 0) is 19.3 Å². The summed E-state index contributed by atoms with van der Waals surface area (Å²) in [4.78, 5) is 0. The molecule has 24 heavy (non-hydrogen) atoms. The summed E-state index contributed by atoms with van der Waals surface area (Å²) in [6, 6.07) is 0. The number of hydrogen-bond acceptors (Lipinski definition) is 0. The molecule has 0 atom stereocenters. The molecule has 1 heteroatoms. The summed E-state index contributed by atoms with van der Waals surface area (Å²) in [7, 11) is 0. The Bertz CT molecular complexity index is 309. The van der Waals surface area contributed by atoms with Gasteiger partial charge in [0, 0.05) is 0 Å². The van der Waals surface area contributed by atoms with Crippen LogP contribution in [0.5, 0.6) is 0 Å². The van der Waals surface area contributed by atoms with Gasteiger partial charge in [-0.2, -0.15) is 0 Å². The third kappa shape index (κ3) is 15.6. The zero-order valence-corrected chi connectivity index (χ0v) is 17.0. The van der Waals surface area contributed by atoms with Gasteiger partial charge < -0.3 is 1.43 Å². The monoisotopic (exact) mass is 326 g/mol. The summed E-state index contributed by atoms with van der Waals surface area (Å²) < 4.78 is 0. The molecule has 0 heterocycles. The fraction of sp³-hybridized carbons (Fsp3) is 0.826. The minimum absolute atomic E-state index is 0. The van der Waals surface area contributed by atoms with E-state index in [9.17, 15) is 0 Å². The Kier molecular flexibility index (Phi) is 19.5. The molecular weight excluding hydrogens is 283 g/mol. The van der Waals surface area contributed by atoms with Crippen LogP contribution >= 0.6 is 0 Å². The molecule has 0 saturated carbocycles. The number of rotatable bonds is 17. The van der Waals surface area contributed by atoms with Crippen molar-refractivity contribution >= 4 is 0 Å². The first-order valence-corrected chi connectivity index (χ1v) is 10.8. The Morgan fingerprint density at radius 1 is 0.667 bits per heavy atom. The Balaban J connectivity index is 0. The van der Waals surface area contributed by atoms with Crippen molar-refractivity contribution in [1.82, 2.24) is 0 Å². The standard InChI is InChI=1S/C23H42.Li.H/c1-2-3-4-5-6-7-8-9-10-11-12-13-14-15-16-17-20-23-21-18-19-22-23;;/h18-19,21H,2-17,20,22H2,1H3;;/q;+1;-1. The van der Waals surface area contributed by atoms with Crippen LogP contribution in [0, 0.1) is 0 Å². The van der Waals surface area contributed by atoms with Crippen LogP contribution in [-0.4, -0.2) is 0 Å². The van der Waals surface area contributed by atoms with E-state index >= 15 is 0 Å². The Morgan fingerprint density at radius 2 is 1.08 bits per heavy atom. The second-order valence-corrected chi connectivity index (χ2v) is 7.51. The second-order valence-electron chi connectivity index (χ2n) is 7.51. The van der Waals surface area contributed by atoms with Crippen LogP contribution in [0.1, 0.15) is 124 Å². The van der Waals surface area contributed by atoms with E-state index in [-0.39, 0.29) is 20.3 Å². The first-order chi connectivity index (χ1) is 11.4. The third-order valence-electron chi connectivity index (χ3n) is 5.20. The van der Waals surface area contributed by atoms with Crippen LogP contribution in [0.4, 0.5) is 0 Å². The van der Waals surface area contributed by atoms with Gasteiger partial charge in [-0.3, -0.25) is 0 Å². The minimum Gasteiger partial charge on any atom is -1.00 e. The van der Waals surface area contributed by atoms with Gasteiger partial charge in [0.25, 0.3) is 0 Å². The van der Waals surface area contributed by atoms with Gasteiger partial charge in [0.2, 0.25) is 0 Å². The van der Waals surface area contributed by atoms with E-state index in [0.717, 1.165) is 0 Å². The van der Waals surface area contributed by atoms with Crippen LogP contribution in [0.15, 0.2) is 23.8 Å². The second kappa shape index (κ2) is 19.4. The van der Waals surface area contributed by atoms with Crippen LogP contribution in [0.25, 0.3) is 0 Å². The summed E-state index contributed by atoms with van der Waals surface area (Å²) in [5, 5.41) is 0. The molecule has 0 saturated heterocycles. The van der Waals surface area contributed by atoms with Crippen LogP contribution in [0.2, 0.25) is 0 Å². The van der Waals surface area contributed by atoms with Crippen molar-refractivity contribution < 1.29 is 20.3 Å². The Hall–Kier alpha value is 0.0774. The molecule has 0 bridgehead atoms. The maximum atomic E-state index is 2.31. The van der Waals surface area contributed by atoms with E-state index in [2.05, 4.69) is 25.2 Å². The fourth-order valence-corrected chi connectivity index (χ4v) is 3.58. The summed E-state index contributed by atoms with van der Waals surface area (Å²) in [6.07, 6.45) is 32.7. The van der Waals surface area contributed by atoms with Crippen molar-refractivity contribution in [2.75, 3.05) is 0 Å². The van der Waals surface area contributed by atoms with Gasteiger partial charge in [0.1, 0.15) is 0 Å². The average Bonchev–Trinajstić information content (AvgIpc) is 3.08. The quantitative estimate of drug-likeness (QED) is 0.240. The molecule has 0 unspecified atom stereocenters. The first kappa shape index (κ1) is 24.1. The molecule has 1 aliphatic carbocycles. The summed E-state index contributed by atoms with van der Waals surface area (Å²) >= 11 is 0. The molecule has 1 aliphatic rings. The number of unbranched alkanes of at least 4 members (excludes halogenated alkanes) is 15. The molecule has 0 nitrogen and oxygen atoms in total. The zero-order chi connectivity index (χ0) is 16.4. The summed E-state index contributed by atoms with van der Waals surface area (Å²) in [6.45, 7) is 2.30. The van der Waals surface area contributed by atoms with Gasteiger partial charge in [-0.15, -0.1) is 0 Å². The van der Waals surface area contributed by atoms with Crippen molar-refractivity contribution in [3.63, 3.8) is 0 Å². The molecule has 0 radical (unpaired) electrons. The van der Waals surface area contributed by atoms with E-state index in [1.165, 1.54) is 116 Å². The Labute approximate surface area is 166 Å². The van der Waals surface area contributed by atoms with Gasteiger partial charge in [0.15, 0.2) is 0 Å². The van der Waals surface area contributed by atoms with Gasteiger partial charge >= 0.3 is 18.9 Å². The Morgan fingerprint density at radius 3 is 1.46 bits per heavy atom. The van der Waals surface area contributed by atoms with E-state index in [4.69, 9.17) is 0 Å². The SMILES string of the molecule is CCCCCCCCCCCCCCCCCCC1=CC=CC1.[H-].[Li+]. The largest absolute Gasteiger partial charge is 1.00 e. The van der Waals surface area contributed by atoms with Crippen molar-refractivity contribution in [2.45, 2.75) is 122 Å². The smallest absolute Gasteiger partial charge is 1.00 e. The molecule has 0 aromatic rings. The predicted octanol–water partition coefficient (Wildman–Crippen LogP) is 5.64. The third-order valence-corrected chi connectivity index (χ3v) is 5.20. The molecule has 0 aromatic heterocycles. The van der Waals surface area contributed by atoms with E-state index in [1.54, 1.807) is 5.57 Å². The van der Waals surface area contributed by atoms with Gasteiger partial charge in [-0.25, -0.2) is 0 Å². The zero-order valence-electron chi connectivity index (χ0n) is 18.0. The predicted molar refractivity (Wildman–Crippen MR) is 107 cm³/mol. The summed E-state index contributed by atoms with van der Waals surface area (Å²) in [5.41, 5.74) is 1.65. The van der Waals surface area contributed by atoms with Crippen molar-refractivity contribution in [2.24, 2.45) is 0 Å². The number of hydrogen-bond donors (Lipinski definition) is 0. The normalized spacial score (nSPS) is 13.1. The number of allylic oxidation sites excluding steroid dienone is 4. The van der Waals surface area contributed by atoms with Crippen molar-refractivity contribution in [1.29, 1.82) is 0 Å². The van der Waals surface area contributed by atoms with Gasteiger partial charge in [-0.1, -0.05) is 127 Å². The average molecular weight is 327 g/mol. The maximum absolute atomic E-state index is 2.31. The molecule has 0 N–H and O–H groups in total. The fourth-order valence-electron chi connectivity index (χ4n) is 3.58. The van der Waals surface area contributed by atoms with Crippen LogP contribution in [-0.2, 0) is 0 Å². The first-order valence-electron chi connectivity index (χ1n) is 10.8. The molecule has 136 valence electrons.